The Labute approximate surface area is 93.6 Å². The maximum atomic E-state index is 5.88. The summed E-state index contributed by atoms with van der Waals surface area (Å²) in [6, 6.07) is 0.715. The van der Waals surface area contributed by atoms with Crippen molar-refractivity contribution in [1.29, 1.82) is 0 Å². The van der Waals surface area contributed by atoms with Gasteiger partial charge in [-0.15, -0.1) is 0 Å². The number of nitrogens with two attached hydrogens (primary N) is 1. The molecule has 1 unspecified atom stereocenters. The van der Waals surface area contributed by atoms with Crippen LogP contribution in [0.1, 0.15) is 33.6 Å². The van der Waals surface area contributed by atoms with Gasteiger partial charge in [0.05, 0.1) is 6.17 Å². The van der Waals surface area contributed by atoms with Crippen LogP contribution in [0.2, 0.25) is 0 Å². The van der Waals surface area contributed by atoms with E-state index in [1.165, 1.54) is 39.0 Å². The molecule has 0 radical (unpaired) electrons. The Balaban J connectivity index is 1.80. The normalized spacial score (nSPS) is 29.4. The SMILES string of the molecule is CC(C)N1CCC2(CC1)CN(C(C)N)C2. The Morgan fingerprint density at radius 1 is 1.00 bits per heavy atom. The number of likely N-dealkylation sites (tertiary alicyclic amines) is 2. The second-order valence-corrected chi connectivity index (χ2v) is 5.78. The highest BCUT2D eigenvalue weighted by Gasteiger charge is 2.45. The average molecular weight is 211 g/mol. The van der Waals surface area contributed by atoms with E-state index in [1.54, 1.807) is 0 Å². The first-order valence-corrected chi connectivity index (χ1v) is 6.26. The Kier molecular flexibility index (Phi) is 3.06. The summed E-state index contributed by atoms with van der Waals surface area (Å²) in [5.41, 5.74) is 6.50. The van der Waals surface area contributed by atoms with Crippen LogP contribution in [0.5, 0.6) is 0 Å². The first kappa shape index (κ1) is 11.4. The van der Waals surface area contributed by atoms with Gasteiger partial charge in [-0.3, -0.25) is 4.90 Å². The Morgan fingerprint density at radius 3 is 1.93 bits per heavy atom. The third-order valence-electron chi connectivity index (χ3n) is 4.24. The van der Waals surface area contributed by atoms with E-state index in [0.717, 1.165) is 0 Å². The molecule has 0 aromatic heterocycles. The Bertz CT molecular complexity index is 209. The second-order valence-electron chi connectivity index (χ2n) is 5.78. The molecule has 1 atom stereocenters. The van der Waals surface area contributed by atoms with Gasteiger partial charge in [-0.1, -0.05) is 0 Å². The van der Waals surface area contributed by atoms with E-state index in [1.807, 2.05) is 0 Å². The van der Waals surface area contributed by atoms with Crippen molar-refractivity contribution < 1.29 is 0 Å². The van der Waals surface area contributed by atoms with Crippen LogP contribution in [0.3, 0.4) is 0 Å². The van der Waals surface area contributed by atoms with Crippen LogP contribution in [0.15, 0.2) is 0 Å². The molecule has 3 heteroatoms. The number of piperidine rings is 1. The molecule has 88 valence electrons. The smallest absolute Gasteiger partial charge is 0.0543 e. The lowest BCUT2D eigenvalue weighted by Gasteiger charge is -2.55. The minimum Gasteiger partial charge on any atom is -0.316 e. The third kappa shape index (κ3) is 2.19. The van der Waals surface area contributed by atoms with Crippen molar-refractivity contribution in [3.8, 4) is 0 Å². The van der Waals surface area contributed by atoms with Gasteiger partial charge < -0.3 is 10.6 Å². The third-order valence-corrected chi connectivity index (χ3v) is 4.24. The molecule has 2 saturated heterocycles. The van der Waals surface area contributed by atoms with Crippen molar-refractivity contribution in [3.05, 3.63) is 0 Å². The van der Waals surface area contributed by atoms with Crippen LogP contribution in [-0.4, -0.2) is 48.2 Å². The van der Waals surface area contributed by atoms with Crippen molar-refractivity contribution in [2.75, 3.05) is 26.2 Å². The molecule has 0 bridgehead atoms. The molecule has 2 rings (SSSR count). The molecular formula is C12H25N3. The maximum absolute atomic E-state index is 5.88. The zero-order valence-electron chi connectivity index (χ0n) is 10.4. The molecule has 1 spiro atoms. The summed E-state index contributed by atoms with van der Waals surface area (Å²) >= 11 is 0. The molecule has 0 aromatic carbocycles. The van der Waals surface area contributed by atoms with Crippen molar-refractivity contribution >= 4 is 0 Å². The summed E-state index contributed by atoms with van der Waals surface area (Å²) in [6.45, 7) is 11.7. The topological polar surface area (TPSA) is 32.5 Å². The number of hydrogen-bond acceptors (Lipinski definition) is 3. The van der Waals surface area contributed by atoms with E-state index in [0.29, 0.717) is 11.5 Å². The fourth-order valence-electron chi connectivity index (χ4n) is 2.93. The predicted molar refractivity (Wildman–Crippen MR) is 63.6 cm³/mol. The molecule has 2 aliphatic rings. The summed E-state index contributed by atoms with van der Waals surface area (Å²) < 4.78 is 0. The molecule has 0 amide bonds. The molecule has 2 aliphatic heterocycles. The van der Waals surface area contributed by atoms with Gasteiger partial charge in [0.25, 0.3) is 0 Å². The minimum absolute atomic E-state index is 0.249. The summed E-state index contributed by atoms with van der Waals surface area (Å²) in [4.78, 5) is 4.99. The van der Waals surface area contributed by atoms with Crippen molar-refractivity contribution in [1.82, 2.24) is 9.80 Å². The van der Waals surface area contributed by atoms with Gasteiger partial charge in [0, 0.05) is 19.1 Å². The lowest BCUT2D eigenvalue weighted by Crippen LogP contribution is -2.64. The van der Waals surface area contributed by atoms with Crippen molar-refractivity contribution in [2.45, 2.75) is 45.8 Å². The van der Waals surface area contributed by atoms with E-state index >= 15 is 0 Å². The van der Waals surface area contributed by atoms with Crippen molar-refractivity contribution in [3.63, 3.8) is 0 Å². The van der Waals surface area contributed by atoms with Crippen LogP contribution in [0.4, 0.5) is 0 Å². The number of rotatable bonds is 2. The molecule has 2 N–H and O–H groups in total. The highest BCUT2D eigenvalue weighted by Crippen LogP contribution is 2.40. The summed E-state index contributed by atoms with van der Waals surface area (Å²) in [5, 5.41) is 0. The zero-order chi connectivity index (χ0) is 11.1. The van der Waals surface area contributed by atoms with E-state index in [-0.39, 0.29) is 6.17 Å². The van der Waals surface area contributed by atoms with Crippen LogP contribution in [0.25, 0.3) is 0 Å². The quantitative estimate of drug-likeness (QED) is 0.742. The molecule has 3 nitrogen and oxygen atoms in total. The maximum Gasteiger partial charge on any atom is 0.0543 e. The zero-order valence-corrected chi connectivity index (χ0v) is 10.4. The predicted octanol–water partition coefficient (Wildman–Crippen LogP) is 1.10. The molecular weight excluding hydrogens is 186 g/mol. The van der Waals surface area contributed by atoms with Gasteiger partial charge in [0.15, 0.2) is 0 Å². The van der Waals surface area contributed by atoms with Crippen LogP contribution >= 0.6 is 0 Å². The molecule has 0 aliphatic carbocycles. The first-order chi connectivity index (χ1) is 7.02. The van der Waals surface area contributed by atoms with Crippen LogP contribution in [0, 0.1) is 5.41 Å². The fraction of sp³-hybridized carbons (Fsp3) is 1.00. The van der Waals surface area contributed by atoms with Crippen molar-refractivity contribution in [2.24, 2.45) is 11.1 Å². The molecule has 0 saturated carbocycles. The lowest BCUT2D eigenvalue weighted by molar-refractivity contribution is -0.0684. The van der Waals surface area contributed by atoms with Gasteiger partial charge in [0.2, 0.25) is 0 Å². The Morgan fingerprint density at radius 2 is 1.53 bits per heavy atom. The fourth-order valence-corrected chi connectivity index (χ4v) is 2.93. The van der Waals surface area contributed by atoms with Gasteiger partial charge >= 0.3 is 0 Å². The molecule has 15 heavy (non-hydrogen) atoms. The Hall–Kier alpha value is -0.120. The highest BCUT2D eigenvalue weighted by molar-refractivity contribution is 4.99. The van der Waals surface area contributed by atoms with Gasteiger partial charge in [-0.05, 0) is 52.1 Å². The molecule has 2 fully saturated rings. The standard InChI is InChI=1S/C12H25N3/c1-10(2)14-6-4-12(5-7-14)8-15(9-12)11(3)13/h10-11H,4-9,13H2,1-3H3. The minimum atomic E-state index is 0.249. The summed E-state index contributed by atoms with van der Waals surface area (Å²) in [5.74, 6) is 0. The number of hydrogen-bond donors (Lipinski definition) is 1. The van der Waals surface area contributed by atoms with Gasteiger partial charge in [-0.2, -0.15) is 0 Å². The van der Waals surface area contributed by atoms with E-state index < -0.39 is 0 Å². The summed E-state index contributed by atoms with van der Waals surface area (Å²) in [7, 11) is 0. The largest absolute Gasteiger partial charge is 0.316 e. The summed E-state index contributed by atoms with van der Waals surface area (Å²) in [6.07, 6.45) is 2.99. The lowest BCUT2D eigenvalue weighted by atomic mass is 9.71. The highest BCUT2D eigenvalue weighted by atomic mass is 15.3. The van der Waals surface area contributed by atoms with E-state index in [2.05, 4.69) is 30.6 Å². The number of nitrogens with zero attached hydrogens (tertiary/aromatic N) is 2. The molecule has 0 aromatic rings. The average Bonchev–Trinajstić information content (AvgIpc) is 2.13. The van der Waals surface area contributed by atoms with Crippen LogP contribution < -0.4 is 5.73 Å². The molecule has 2 heterocycles. The van der Waals surface area contributed by atoms with E-state index in [9.17, 15) is 0 Å². The van der Waals surface area contributed by atoms with E-state index in [4.69, 9.17) is 5.73 Å². The second kappa shape index (κ2) is 4.04. The first-order valence-electron chi connectivity index (χ1n) is 6.26. The van der Waals surface area contributed by atoms with Gasteiger partial charge in [0.1, 0.15) is 0 Å². The monoisotopic (exact) mass is 211 g/mol. The van der Waals surface area contributed by atoms with Gasteiger partial charge in [-0.25, -0.2) is 0 Å². The van der Waals surface area contributed by atoms with Crippen LogP contribution in [-0.2, 0) is 0 Å².